The van der Waals surface area contributed by atoms with Gasteiger partial charge in [0.25, 0.3) is 0 Å². The van der Waals surface area contributed by atoms with Gasteiger partial charge >= 0.3 is 0 Å². The predicted octanol–water partition coefficient (Wildman–Crippen LogP) is 4.09. The number of hydrogen-bond acceptors (Lipinski definition) is 8. The zero-order chi connectivity index (χ0) is 26.3. The standard InChI is InChI=1S/C28H24F2N6O2/c1-26(2)17-6-8-28(26,23-16(17)10-20(35-36-23)22-18(29)4-3-5-19(22)30)21-7-9-31-24(34-21)15-11-32-25(33-12-15)27(37)13-38-14-27/h3-5,7,9-12,17,37H,6,8,13-14H2,1-2H3/t17-,28-/m0/s1. The van der Waals surface area contributed by atoms with Crippen molar-refractivity contribution >= 4 is 0 Å². The average Bonchev–Trinajstić information content (AvgIpc) is 3.28. The van der Waals surface area contributed by atoms with Crippen LogP contribution in [-0.4, -0.2) is 48.5 Å². The molecule has 3 aromatic heterocycles. The summed E-state index contributed by atoms with van der Waals surface area (Å²) in [5, 5.41) is 19.3. The summed E-state index contributed by atoms with van der Waals surface area (Å²) in [5.74, 6) is -0.424. The smallest absolute Gasteiger partial charge is 0.170 e. The lowest BCUT2D eigenvalue weighted by Crippen LogP contribution is -2.47. The first-order valence-electron chi connectivity index (χ1n) is 12.5. The second-order valence-corrected chi connectivity index (χ2v) is 10.9. The van der Waals surface area contributed by atoms with Crippen molar-refractivity contribution in [2.75, 3.05) is 13.2 Å². The fourth-order valence-corrected chi connectivity index (χ4v) is 6.60. The van der Waals surface area contributed by atoms with Gasteiger partial charge in [0.1, 0.15) is 11.6 Å². The molecule has 4 aromatic rings. The summed E-state index contributed by atoms with van der Waals surface area (Å²) in [7, 11) is 0. The molecule has 10 heteroatoms. The summed E-state index contributed by atoms with van der Waals surface area (Å²) in [6.07, 6.45) is 6.64. The van der Waals surface area contributed by atoms with Crippen LogP contribution < -0.4 is 0 Å². The van der Waals surface area contributed by atoms with E-state index in [4.69, 9.17) is 9.72 Å². The summed E-state index contributed by atoms with van der Waals surface area (Å²) in [4.78, 5) is 18.1. The number of fused-ring (bicyclic) bond motifs is 5. The molecule has 2 bridgehead atoms. The lowest BCUT2D eigenvalue weighted by molar-refractivity contribution is -0.189. The molecule has 2 fully saturated rings. The highest BCUT2D eigenvalue weighted by Crippen LogP contribution is 2.69. The molecular formula is C28H24F2N6O2. The van der Waals surface area contributed by atoms with Crippen LogP contribution in [0.4, 0.5) is 8.78 Å². The molecule has 1 aromatic carbocycles. The van der Waals surface area contributed by atoms with Crippen molar-refractivity contribution in [1.29, 1.82) is 0 Å². The number of hydrogen-bond donors (Lipinski definition) is 1. The van der Waals surface area contributed by atoms with Gasteiger partial charge in [-0.25, -0.2) is 28.7 Å². The van der Waals surface area contributed by atoms with Crippen LogP contribution in [0.1, 0.15) is 55.4 Å². The fourth-order valence-electron chi connectivity index (χ4n) is 6.60. The van der Waals surface area contributed by atoms with Crippen LogP contribution >= 0.6 is 0 Å². The molecule has 0 unspecified atom stereocenters. The van der Waals surface area contributed by atoms with E-state index < -0.39 is 22.7 Å². The number of benzene rings is 1. The highest BCUT2D eigenvalue weighted by atomic mass is 19.1. The van der Waals surface area contributed by atoms with E-state index in [0.29, 0.717) is 17.2 Å². The molecule has 7 rings (SSSR count). The number of nitrogens with zero attached hydrogens (tertiary/aromatic N) is 6. The Labute approximate surface area is 217 Å². The molecule has 0 amide bonds. The predicted molar refractivity (Wildman–Crippen MR) is 132 cm³/mol. The first-order chi connectivity index (χ1) is 18.2. The quantitative estimate of drug-likeness (QED) is 0.434. The van der Waals surface area contributed by atoms with Crippen molar-refractivity contribution < 1.29 is 18.6 Å². The Hall–Kier alpha value is -3.76. The molecule has 8 nitrogen and oxygen atoms in total. The molecule has 1 saturated heterocycles. The largest absolute Gasteiger partial charge is 0.377 e. The highest BCUT2D eigenvalue weighted by molar-refractivity contribution is 5.64. The van der Waals surface area contributed by atoms with Crippen LogP contribution in [0.25, 0.3) is 22.6 Å². The number of ether oxygens (including phenoxy) is 1. The fraction of sp³-hybridized carbons (Fsp3) is 0.357. The minimum absolute atomic E-state index is 0.132. The van der Waals surface area contributed by atoms with Crippen molar-refractivity contribution in [1.82, 2.24) is 30.1 Å². The minimum Gasteiger partial charge on any atom is -0.377 e. The molecule has 4 heterocycles. The molecule has 192 valence electrons. The third kappa shape index (κ3) is 3.01. The van der Waals surface area contributed by atoms with Gasteiger partial charge in [0.05, 0.1) is 46.8 Å². The van der Waals surface area contributed by atoms with Crippen LogP contribution in [0.5, 0.6) is 0 Å². The number of halogens is 2. The van der Waals surface area contributed by atoms with Crippen molar-refractivity contribution in [2.45, 2.75) is 43.6 Å². The summed E-state index contributed by atoms with van der Waals surface area (Å²) >= 11 is 0. The van der Waals surface area contributed by atoms with E-state index in [0.717, 1.165) is 29.8 Å². The molecule has 2 aliphatic carbocycles. The van der Waals surface area contributed by atoms with Crippen LogP contribution in [0.2, 0.25) is 0 Å². The normalized spacial score (nSPS) is 24.2. The van der Waals surface area contributed by atoms with Crippen LogP contribution in [0.15, 0.2) is 48.9 Å². The van der Waals surface area contributed by atoms with E-state index >= 15 is 0 Å². The third-order valence-electron chi connectivity index (χ3n) is 8.70. The second kappa shape index (κ2) is 7.87. The summed E-state index contributed by atoms with van der Waals surface area (Å²) in [6, 6.07) is 7.48. The molecular weight excluding hydrogens is 490 g/mol. The Morgan fingerprint density at radius 1 is 1.00 bits per heavy atom. The van der Waals surface area contributed by atoms with E-state index in [-0.39, 0.29) is 35.8 Å². The Bertz CT molecular complexity index is 1570. The lowest BCUT2D eigenvalue weighted by Gasteiger charge is -2.37. The van der Waals surface area contributed by atoms with Crippen molar-refractivity contribution in [3.8, 4) is 22.6 Å². The van der Waals surface area contributed by atoms with E-state index in [2.05, 4.69) is 39.0 Å². The molecule has 0 spiro atoms. The Morgan fingerprint density at radius 3 is 2.42 bits per heavy atom. The van der Waals surface area contributed by atoms with Gasteiger partial charge in [-0.1, -0.05) is 19.9 Å². The van der Waals surface area contributed by atoms with Gasteiger partial charge in [0.2, 0.25) is 0 Å². The Kier molecular flexibility index (Phi) is 4.84. The van der Waals surface area contributed by atoms with E-state index in [1.54, 1.807) is 24.7 Å². The van der Waals surface area contributed by atoms with Crippen molar-refractivity contribution in [2.24, 2.45) is 5.41 Å². The monoisotopic (exact) mass is 514 g/mol. The van der Waals surface area contributed by atoms with Crippen LogP contribution in [0.3, 0.4) is 0 Å². The zero-order valence-electron chi connectivity index (χ0n) is 20.8. The maximum absolute atomic E-state index is 14.5. The van der Waals surface area contributed by atoms with Gasteiger partial charge < -0.3 is 9.84 Å². The first-order valence-corrected chi connectivity index (χ1v) is 12.5. The van der Waals surface area contributed by atoms with Gasteiger partial charge in [-0.15, -0.1) is 5.10 Å². The highest BCUT2D eigenvalue weighted by Gasteiger charge is 2.65. The molecule has 1 saturated carbocycles. The number of aliphatic hydroxyl groups is 1. The molecule has 2 atom stereocenters. The SMILES string of the molecule is CC1(C)[C@H]2CC[C@]1(c1ccnc(-c3cnc(C4(O)COC4)nc3)n1)c1nnc(-c3c(F)cccc3F)cc12. The minimum atomic E-state index is -1.15. The zero-order valence-corrected chi connectivity index (χ0v) is 20.8. The van der Waals surface area contributed by atoms with Gasteiger partial charge in [-0.2, -0.15) is 5.10 Å². The molecule has 38 heavy (non-hydrogen) atoms. The number of rotatable bonds is 4. The topological polar surface area (TPSA) is 107 Å². The summed E-state index contributed by atoms with van der Waals surface area (Å²) in [6.45, 7) is 4.72. The van der Waals surface area contributed by atoms with E-state index in [9.17, 15) is 13.9 Å². The van der Waals surface area contributed by atoms with E-state index in [1.165, 1.54) is 18.2 Å². The maximum Gasteiger partial charge on any atom is 0.170 e. The Morgan fingerprint density at radius 2 is 1.74 bits per heavy atom. The molecule has 3 aliphatic rings. The van der Waals surface area contributed by atoms with Gasteiger partial charge in [0.15, 0.2) is 17.2 Å². The van der Waals surface area contributed by atoms with Crippen LogP contribution in [-0.2, 0) is 15.8 Å². The third-order valence-corrected chi connectivity index (χ3v) is 8.70. The maximum atomic E-state index is 14.5. The van der Waals surface area contributed by atoms with Gasteiger partial charge in [-0.05, 0) is 54.0 Å². The first kappa shape index (κ1) is 23.4. The summed E-state index contributed by atoms with van der Waals surface area (Å²) < 4.78 is 34.2. The van der Waals surface area contributed by atoms with Crippen molar-refractivity contribution in [3.05, 3.63) is 83.3 Å². The average molecular weight is 515 g/mol. The Balaban J connectivity index is 1.31. The molecule has 1 N–H and O–H groups in total. The van der Waals surface area contributed by atoms with E-state index in [1.807, 2.05) is 6.07 Å². The molecule has 1 aliphatic heterocycles. The van der Waals surface area contributed by atoms with Gasteiger partial charge in [-0.3, -0.25) is 0 Å². The summed E-state index contributed by atoms with van der Waals surface area (Å²) in [5.41, 5.74) is 1.25. The van der Waals surface area contributed by atoms with Gasteiger partial charge in [0, 0.05) is 18.6 Å². The second-order valence-electron chi connectivity index (χ2n) is 10.9. The number of aromatic nitrogens is 6. The van der Waals surface area contributed by atoms with Crippen molar-refractivity contribution in [3.63, 3.8) is 0 Å². The van der Waals surface area contributed by atoms with Crippen LogP contribution in [0, 0.1) is 17.0 Å². The lowest BCUT2D eigenvalue weighted by atomic mass is 9.66. The molecule has 0 radical (unpaired) electrons.